The number of pyridine rings is 1. The summed E-state index contributed by atoms with van der Waals surface area (Å²) in [6.45, 7) is 0.582. The van der Waals surface area contributed by atoms with Crippen LogP contribution in [0.2, 0.25) is 5.02 Å². The summed E-state index contributed by atoms with van der Waals surface area (Å²) in [4.78, 5) is 26.2. The van der Waals surface area contributed by atoms with Crippen LogP contribution in [0, 0.1) is 5.82 Å². The summed E-state index contributed by atoms with van der Waals surface area (Å²) in [6, 6.07) is 11.7. The Bertz CT molecular complexity index is 1380. The molecule has 0 unspecified atom stereocenters. The number of hydrogen-bond acceptors (Lipinski definition) is 6. The van der Waals surface area contributed by atoms with Crippen molar-refractivity contribution in [1.29, 1.82) is 0 Å². The van der Waals surface area contributed by atoms with Crippen molar-refractivity contribution in [3.63, 3.8) is 0 Å². The van der Waals surface area contributed by atoms with Gasteiger partial charge in [0.15, 0.2) is 11.6 Å². The summed E-state index contributed by atoms with van der Waals surface area (Å²) in [5.74, 6) is -2.51. The highest BCUT2D eigenvalue weighted by Gasteiger charge is 2.15. The number of benzene rings is 2. The van der Waals surface area contributed by atoms with Crippen molar-refractivity contribution >= 4 is 34.4 Å². The van der Waals surface area contributed by atoms with Crippen LogP contribution in [0.5, 0.6) is 5.75 Å². The number of carbonyl (C=O) groups is 2. The quantitative estimate of drug-likeness (QED) is 0.393. The highest BCUT2D eigenvalue weighted by molar-refractivity contribution is 6.31. The predicted octanol–water partition coefficient (Wildman–Crippen LogP) is 3.91. The Morgan fingerprint density at radius 3 is 2.60 bits per heavy atom. The number of halogens is 2. The molecule has 0 aliphatic rings. The van der Waals surface area contributed by atoms with Gasteiger partial charge in [0.25, 0.3) is 5.91 Å². The molecule has 2 aromatic heterocycles. The second-order valence-electron chi connectivity index (χ2n) is 7.29. The van der Waals surface area contributed by atoms with Crippen molar-refractivity contribution in [2.75, 3.05) is 14.2 Å². The number of nitrogens with two attached hydrogens (primary N) is 1. The molecule has 2 aromatic carbocycles. The number of ether oxygens (including phenoxy) is 2. The van der Waals surface area contributed by atoms with Gasteiger partial charge in [-0.15, -0.1) is 0 Å². The van der Waals surface area contributed by atoms with E-state index in [0.717, 1.165) is 16.5 Å². The van der Waals surface area contributed by atoms with Crippen LogP contribution in [0.4, 0.5) is 4.39 Å². The number of carboxylic acid groups (broad SMARTS) is 1. The van der Waals surface area contributed by atoms with Crippen LogP contribution in [0.3, 0.4) is 0 Å². The molecular formula is C24H22ClFN4O5. The Morgan fingerprint density at radius 1 is 1.17 bits per heavy atom. The zero-order valence-electron chi connectivity index (χ0n) is 18.9. The van der Waals surface area contributed by atoms with Crippen LogP contribution in [0.1, 0.15) is 32.0 Å². The number of rotatable bonds is 7. The molecule has 0 aliphatic carbocycles. The van der Waals surface area contributed by atoms with Crippen molar-refractivity contribution in [3.05, 3.63) is 88.1 Å². The fourth-order valence-electron chi connectivity index (χ4n) is 3.24. The number of fused-ring (bicyclic) bond motifs is 1. The molecule has 0 aliphatic heterocycles. The average molecular weight is 501 g/mol. The monoisotopic (exact) mass is 500 g/mol. The van der Waals surface area contributed by atoms with Crippen LogP contribution in [0.25, 0.3) is 10.9 Å². The van der Waals surface area contributed by atoms with Gasteiger partial charge in [-0.1, -0.05) is 23.7 Å². The van der Waals surface area contributed by atoms with Crippen molar-refractivity contribution in [2.24, 2.45) is 5.73 Å². The van der Waals surface area contributed by atoms with E-state index in [9.17, 15) is 19.1 Å². The summed E-state index contributed by atoms with van der Waals surface area (Å²) in [6.07, 6.45) is 3.24. The Balaban J connectivity index is 0.000000241. The molecule has 1 amide bonds. The highest BCUT2D eigenvalue weighted by atomic mass is 35.5. The summed E-state index contributed by atoms with van der Waals surface area (Å²) in [7, 11) is 2.83. The van der Waals surface area contributed by atoms with Crippen molar-refractivity contribution in [2.45, 2.75) is 13.2 Å². The van der Waals surface area contributed by atoms with Crippen LogP contribution >= 0.6 is 11.6 Å². The number of aromatic carboxylic acids is 1. The van der Waals surface area contributed by atoms with E-state index < -0.39 is 17.7 Å². The van der Waals surface area contributed by atoms with Crippen LogP contribution in [-0.4, -0.2) is 46.0 Å². The van der Waals surface area contributed by atoms with E-state index >= 15 is 0 Å². The third-order valence-electron chi connectivity index (χ3n) is 4.85. The van der Waals surface area contributed by atoms with Gasteiger partial charge >= 0.3 is 5.97 Å². The first kappa shape index (κ1) is 25.6. The van der Waals surface area contributed by atoms with Crippen LogP contribution in [0.15, 0.2) is 54.9 Å². The molecule has 9 nitrogen and oxygen atoms in total. The summed E-state index contributed by atoms with van der Waals surface area (Å²) in [5.41, 5.74) is 7.03. The van der Waals surface area contributed by atoms with Crippen LogP contribution < -0.4 is 10.5 Å². The van der Waals surface area contributed by atoms with E-state index in [-0.39, 0.29) is 23.5 Å². The summed E-state index contributed by atoms with van der Waals surface area (Å²) >= 11 is 5.95. The average Bonchev–Trinajstić information content (AvgIpc) is 3.22. The van der Waals surface area contributed by atoms with Gasteiger partial charge in [-0.2, -0.15) is 5.10 Å². The van der Waals surface area contributed by atoms with Crippen molar-refractivity contribution in [3.8, 4) is 5.75 Å². The molecule has 11 heteroatoms. The third-order valence-corrected chi connectivity index (χ3v) is 5.08. The predicted molar refractivity (Wildman–Crippen MR) is 127 cm³/mol. The Labute approximate surface area is 204 Å². The molecule has 2 heterocycles. The maximum absolute atomic E-state index is 13.1. The maximum atomic E-state index is 13.1. The molecule has 4 rings (SSSR count). The van der Waals surface area contributed by atoms with E-state index in [2.05, 4.69) is 14.8 Å². The molecule has 4 aromatic rings. The Hall–Kier alpha value is -4.02. The van der Waals surface area contributed by atoms with Crippen molar-refractivity contribution < 1.29 is 28.6 Å². The van der Waals surface area contributed by atoms with Gasteiger partial charge in [-0.25, -0.2) is 9.18 Å². The number of carboxylic acids is 1. The van der Waals surface area contributed by atoms with E-state index in [0.29, 0.717) is 17.3 Å². The molecule has 182 valence electrons. The molecular weight excluding hydrogens is 479 g/mol. The fraction of sp³-hybridized carbons (Fsp3) is 0.167. The smallest absolute Gasteiger partial charge is 0.339 e. The lowest BCUT2D eigenvalue weighted by Crippen LogP contribution is -2.13. The number of nitrogens with zero attached hydrogens (tertiary/aromatic N) is 3. The number of carbonyl (C=O) groups excluding carboxylic acids is 1. The number of primary amides is 1. The van der Waals surface area contributed by atoms with Gasteiger partial charge in [0.2, 0.25) is 0 Å². The number of methoxy groups -OCH3 is 2. The maximum Gasteiger partial charge on any atom is 0.339 e. The zero-order valence-corrected chi connectivity index (χ0v) is 19.6. The molecule has 0 bridgehead atoms. The van der Waals surface area contributed by atoms with Gasteiger partial charge in [0, 0.05) is 29.9 Å². The topological polar surface area (TPSA) is 130 Å². The molecule has 0 radical (unpaired) electrons. The Morgan fingerprint density at radius 2 is 1.94 bits per heavy atom. The van der Waals surface area contributed by atoms with Gasteiger partial charge < -0.3 is 20.3 Å². The Kier molecular flexibility index (Phi) is 8.34. The molecule has 0 fully saturated rings. The highest BCUT2D eigenvalue weighted by Crippen LogP contribution is 2.20. The van der Waals surface area contributed by atoms with Gasteiger partial charge in [0.1, 0.15) is 11.3 Å². The first-order valence-corrected chi connectivity index (χ1v) is 10.6. The molecule has 0 spiro atoms. The lowest BCUT2D eigenvalue weighted by Gasteiger charge is -2.04. The molecule has 35 heavy (non-hydrogen) atoms. The third kappa shape index (κ3) is 6.31. The summed E-state index contributed by atoms with van der Waals surface area (Å²) in [5, 5.41) is 15.1. The van der Waals surface area contributed by atoms with Crippen LogP contribution in [-0.2, 0) is 17.9 Å². The van der Waals surface area contributed by atoms with Gasteiger partial charge in [-0.05, 0) is 35.9 Å². The summed E-state index contributed by atoms with van der Waals surface area (Å²) < 4.78 is 24.3. The number of amides is 1. The molecule has 3 N–H and O–H groups in total. The molecule has 0 saturated carbocycles. The normalized spacial score (nSPS) is 10.5. The van der Waals surface area contributed by atoms with Crippen molar-refractivity contribution in [1.82, 2.24) is 14.8 Å². The minimum absolute atomic E-state index is 0.0197. The van der Waals surface area contributed by atoms with E-state index in [1.54, 1.807) is 16.9 Å². The minimum Gasteiger partial charge on any atom is -0.494 e. The lowest BCUT2D eigenvalue weighted by molar-refractivity contribution is 0.0691. The van der Waals surface area contributed by atoms with E-state index in [1.165, 1.54) is 38.6 Å². The minimum atomic E-state index is -1.02. The second kappa shape index (κ2) is 11.4. The zero-order chi connectivity index (χ0) is 25.5. The first-order valence-electron chi connectivity index (χ1n) is 10.2. The lowest BCUT2D eigenvalue weighted by atomic mass is 10.1. The SMILES string of the molecule is COCc1nn(Cc2cnc3cc(Cl)ccc3c2)cc1C(=O)O.COc1cccc(C(N)=O)c1F. The van der Waals surface area contributed by atoms with Gasteiger partial charge in [-0.3, -0.25) is 14.5 Å². The standard InChI is InChI=1S/C16H14ClN3O3.C8H8FNO2/c1-23-9-15-13(16(21)22)8-20(19-15)7-10-4-11-2-3-12(17)5-14(11)18-6-10;1-12-6-4-2-3-5(7(6)9)8(10)11/h2-6,8H,7,9H2,1H3,(H,21,22);2-4H,1H3,(H2,10,11). The number of hydrogen-bond donors (Lipinski definition) is 2. The first-order chi connectivity index (χ1) is 16.7. The number of aromatic nitrogens is 3. The second-order valence-corrected chi connectivity index (χ2v) is 7.73. The van der Waals surface area contributed by atoms with E-state index in [4.69, 9.17) is 22.1 Å². The van der Waals surface area contributed by atoms with Gasteiger partial charge in [0.05, 0.1) is 31.3 Å². The molecule has 0 saturated heterocycles. The van der Waals surface area contributed by atoms with E-state index in [1.807, 2.05) is 18.2 Å². The molecule has 0 atom stereocenters. The largest absolute Gasteiger partial charge is 0.494 e. The fourth-order valence-corrected chi connectivity index (χ4v) is 3.40.